The van der Waals surface area contributed by atoms with Crippen molar-refractivity contribution in [2.45, 2.75) is 13.8 Å². The number of benzene rings is 1. The lowest BCUT2D eigenvalue weighted by Crippen LogP contribution is -2.26. The van der Waals surface area contributed by atoms with Gasteiger partial charge in [-0.05, 0) is 43.2 Å². The van der Waals surface area contributed by atoms with E-state index in [1.54, 1.807) is 6.08 Å². The Morgan fingerprint density at radius 3 is 2.71 bits per heavy atom. The molecule has 0 aliphatic heterocycles. The van der Waals surface area contributed by atoms with Gasteiger partial charge in [0.25, 0.3) is 5.91 Å². The van der Waals surface area contributed by atoms with Crippen LogP contribution in [0.3, 0.4) is 0 Å². The third-order valence-electron chi connectivity index (χ3n) is 3.26. The number of nitriles is 1. The van der Waals surface area contributed by atoms with Gasteiger partial charge in [-0.3, -0.25) is 4.79 Å². The van der Waals surface area contributed by atoms with Gasteiger partial charge in [0.15, 0.2) is 0 Å². The summed E-state index contributed by atoms with van der Waals surface area (Å²) in [6.45, 7) is 5.44. The molecule has 0 aromatic heterocycles. The minimum Gasteiger partial charge on any atom is -0.395 e. The van der Waals surface area contributed by atoms with E-state index in [1.165, 1.54) is 7.05 Å². The molecule has 0 radical (unpaired) electrons. The fourth-order valence-electron chi connectivity index (χ4n) is 2.05. The molecule has 0 spiro atoms. The molecule has 0 saturated heterocycles. The number of carbonyl (C=O) groups is 1. The molecule has 1 aromatic rings. The van der Waals surface area contributed by atoms with Gasteiger partial charge in [-0.25, -0.2) is 0 Å². The second kappa shape index (κ2) is 8.08. The van der Waals surface area contributed by atoms with E-state index in [9.17, 15) is 4.79 Å². The number of amides is 1. The van der Waals surface area contributed by atoms with Gasteiger partial charge in [0.05, 0.1) is 6.61 Å². The fraction of sp³-hybridized carbons (Fsp3) is 0.375. The van der Waals surface area contributed by atoms with Crippen molar-refractivity contribution in [2.24, 2.45) is 0 Å². The third kappa shape index (κ3) is 4.33. The number of hydrogen-bond donors (Lipinski definition) is 2. The molecule has 0 bridgehead atoms. The van der Waals surface area contributed by atoms with Crippen molar-refractivity contribution < 1.29 is 9.90 Å². The van der Waals surface area contributed by atoms with Crippen LogP contribution in [-0.4, -0.2) is 37.8 Å². The zero-order valence-corrected chi connectivity index (χ0v) is 12.7. The molecule has 0 aliphatic carbocycles. The van der Waals surface area contributed by atoms with Gasteiger partial charge in [-0.2, -0.15) is 5.26 Å². The topological polar surface area (TPSA) is 76.4 Å². The number of rotatable bonds is 6. The summed E-state index contributed by atoms with van der Waals surface area (Å²) >= 11 is 0. The Morgan fingerprint density at radius 1 is 1.52 bits per heavy atom. The van der Waals surface area contributed by atoms with E-state index >= 15 is 0 Å². The van der Waals surface area contributed by atoms with Crippen molar-refractivity contribution in [3.8, 4) is 6.07 Å². The summed E-state index contributed by atoms with van der Waals surface area (Å²) in [5, 5.41) is 20.5. The van der Waals surface area contributed by atoms with Crippen LogP contribution in [0.4, 0.5) is 5.69 Å². The van der Waals surface area contributed by atoms with E-state index in [1.807, 2.05) is 38.1 Å². The number of aryl methyl sites for hydroxylation is 1. The van der Waals surface area contributed by atoms with E-state index in [4.69, 9.17) is 10.4 Å². The summed E-state index contributed by atoms with van der Waals surface area (Å²) in [6.07, 6.45) is 1.58. The molecule has 112 valence electrons. The van der Waals surface area contributed by atoms with E-state index in [0.717, 1.165) is 23.4 Å². The van der Waals surface area contributed by atoms with Crippen LogP contribution < -0.4 is 10.2 Å². The number of aliphatic hydroxyl groups is 1. The summed E-state index contributed by atoms with van der Waals surface area (Å²) in [7, 11) is 1.50. The molecule has 0 saturated carbocycles. The average molecular weight is 287 g/mol. The van der Waals surface area contributed by atoms with Crippen LogP contribution in [0.2, 0.25) is 0 Å². The summed E-state index contributed by atoms with van der Waals surface area (Å²) in [5.74, 6) is -0.392. The second-order valence-corrected chi connectivity index (χ2v) is 4.59. The molecule has 1 aromatic carbocycles. The maximum atomic E-state index is 11.5. The standard InChI is InChI=1S/C16H21N3O2/c1-4-19(7-8-20)15-6-5-13(12(2)9-15)10-14(11-17)16(21)18-3/h5-6,9-10,20H,4,7-8H2,1-3H3,(H,18,21)/b14-10+. The lowest BCUT2D eigenvalue weighted by Gasteiger charge is -2.22. The zero-order chi connectivity index (χ0) is 15.8. The summed E-state index contributed by atoms with van der Waals surface area (Å²) in [4.78, 5) is 13.6. The Kier molecular flexibility index (Phi) is 6.44. The van der Waals surface area contributed by atoms with Crippen LogP contribution in [0.1, 0.15) is 18.1 Å². The first-order valence-electron chi connectivity index (χ1n) is 6.87. The number of anilines is 1. The Labute approximate surface area is 125 Å². The van der Waals surface area contributed by atoms with Crippen LogP contribution in [0.25, 0.3) is 6.08 Å². The zero-order valence-electron chi connectivity index (χ0n) is 12.7. The fourth-order valence-corrected chi connectivity index (χ4v) is 2.05. The molecule has 1 rings (SSSR count). The number of aliphatic hydroxyl groups excluding tert-OH is 1. The number of nitrogens with one attached hydrogen (secondary N) is 1. The second-order valence-electron chi connectivity index (χ2n) is 4.59. The first-order chi connectivity index (χ1) is 10.1. The molecule has 2 N–H and O–H groups in total. The van der Waals surface area contributed by atoms with Gasteiger partial charge in [0.1, 0.15) is 11.6 Å². The Hall–Kier alpha value is -2.32. The molecule has 0 heterocycles. The van der Waals surface area contributed by atoms with Gasteiger partial charge in [0, 0.05) is 25.8 Å². The van der Waals surface area contributed by atoms with Crippen molar-refractivity contribution in [3.05, 3.63) is 34.9 Å². The number of nitrogens with zero attached hydrogens (tertiary/aromatic N) is 2. The van der Waals surface area contributed by atoms with E-state index in [0.29, 0.717) is 6.54 Å². The van der Waals surface area contributed by atoms with Gasteiger partial charge in [-0.15, -0.1) is 0 Å². The highest BCUT2D eigenvalue weighted by molar-refractivity contribution is 6.01. The van der Waals surface area contributed by atoms with E-state index in [-0.39, 0.29) is 12.2 Å². The monoisotopic (exact) mass is 287 g/mol. The molecule has 0 unspecified atom stereocenters. The molecule has 0 aliphatic rings. The summed E-state index contributed by atoms with van der Waals surface area (Å²) < 4.78 is 0. The highest BCUT2D eigenvalue weighted by Gasteiger charge is 2.09. The minimum absolute atomic E-state index is 0.0797. The van der Waals surface area contributed by atoms with E-state index < -0.39 is 5.91 Å². The number of carbonyl (C=O) groups excluding carboxylic acids is 1. The van der Waals surface area contributed by atoms with Crippen LogP contribution in [0.15, 0.2) is 23.8 Å². The Bertz CT molecular complexity index is 573. The van der Waals surface area contributed by atoms with Crippen molar-refractivity contribution in [1.82, 2.24) is 5.32 Å². The van der Waals surface area contributed by atoms with Crippen LogP contribution in [-0.2, 0) is 4.79 Å². The van der Waals surface area contributed by atoms with Gasteiger partial charge < -0.3 is 15.3 Å². The molecule has 5 heteroatoms. The normalized spacial score (nSPS) is 10.9. The lowest BCUT2D eigenvalue weighted by atomic mass is 10.0. The van der Waals surface area contributed by atoms with Crippen molar-refractivity contribution in [1.29, 1.82) is 5.26 Å². The van der Waals surface area contributed by atoms with Crippen LogP contribution in [0, 0.1) is 18.3 Å². The molecule has 0 atom stereocenters. The number of hydrogen-bond acceptors (Lipinski definition) is 4. The summed E-state index contributed by atoms with van der Waals surface area (Å²) in [5.41, 5.74) is 2.90. The van der Waals surface area contributed by atoms with Gasteiger partial charge >= 0.3 is 0 Å². The Morgan fingerprint density at radius 2 is 2.24 bits per heavy atom. The molecule has 5 nitrogen and oxygen atoms in total. The first-order valence-corrected chi connectivity index (χ1v) is 6.87. The van der Waals surface area contributed by atoms with E-state index in [2.05, 4.69) is 10.2 Å². The predicted octanol–water partition coefficient (Wildman–Crippen LogP) is 1.47. The molecular formula is C16H21N3O2. The molecular weight excluding hydrogens is 266 g/mol. The summed E-state index contributed by atoms with van der Waals surface area (Å²) in [6, 6.07) is 7.70. The maximum absolute atomic E-state index is 11.5. The lowest BCUT2D eigenvalue weighted by molar-refractivity contribution is -0.116. The van der Waals surface area contributed by atoms with Gasteiger partial charge in [-0.1, -0.05) is 6.07 Å². The largest absolute Gasteiger partial charge is 0.395 e. The van der Waals surface area contributed by atoms with Crippen molar-refractivity contribution >= 4 is 17.7 Å². The van der Waals surface area contributed by atoms with Crippen molar-refractivity contribution in [3.63, 3.8) is 0 Å². The molecule has 0 fully saturated rings. The average Bonchev–Trinajstić information content (AvgIpc) is 2.50. The first kappa shape index (κ1) is 16.7. The quantitative estimate of drug-likeness (QED) is 0.613. The predicted molar refractivity (Wildman–Crippen MR) is 83.8 cm³/mol. The molecule has 21 heavy (non-hydrogen) atoms. The SMILES string of the molecule is CCN(CCO)c1ccc(/C=C(\C#N)C(=O)NC)c(C)c1. The van der Waals surface area contributed by atoms with Crippen LogP contribution in [0.5, 0.6) is 0 Å². The molecule has 1 amide bonds. The highest BCUT2D eigenvalue weighted by atomic mass is 16.3. The Balaban J connectivity index is 3.11. The smallest absolute Gasteiger partial charge is 0.261 e. The third-order valence-corrected chi connectivity index (χ3v) is 3.26. The maximum Gasteiger partial charge on any atom is 0.261 e. The van der Waals surface area contributed by atoms with Gasteiger partial charge in [0.2, 0.25) is 0 Å². The van der Waals surface area contributed by atoms with Crippen LogP contribution >= 0.6 is 0 Å². The minimum atomic E-state index is -0.392. The number of likely N-dealkylation sites (N-methyl/N-ethyl adjacent to an activating group) is 2. The highest BCUT2D eigenvalue weighted by Crippen LogP contribution is 2.21. The van der Waals surface area contributed by atoms with Crippen molar-refractivity contribution in [2.75, 3.05) is 31.6 Å².